The lowest BCUT2D eigenvalue weighted by Crippen LogP contribution is -2.42. The van der Waals surface area contributed by atoms with Crippen molar-refractivity contribution in [2.75, 3.05) is 25.0 Å². The molecule has 7 nitrogen and oxygen atoms in total. The number of hydrogen-bond acceptors (Lipinski definition) is 6. The second-order valence-corrected chi connectivity index (χ2v) is 6.96. The lowest BCUT2D eigenvalue weighted by Gasteiger charge is -2.32. The third kappa shape index (κ3) is 4.56. The van der Waals surface area contributed by atoms with Gasteiger partial charge < -0.3 is 19.5 Å². The predicted octanol–water partition coefficient (Wildman–Crippen LogP) is 3.85. The molecule has 0 saturated carbocycles. The number of amides is 1. The van der Waals surface area contributed by atoms with E-state index in [0.717, 1.165) is 24.2 Å². The van der Waals surface area contributed by atoms with Gasteiger partial charge in [0.25, 0.3) is 17.7 Å². The second kappa shape index (κ2) is 8.77. The number of hydrogen-bond donors (Lipinski definition) is 1. The number of aromatic nitrogens is 2. The summed E-state index contributed by atoms with van der Waals surface area (Å²) in [4.78, 5) is 19.0. The first-order chi connectivity index (χ1) is 14.2. The molecule has 1 aliphatic heterocycles. The van der Waals surface area contributed by atoms with Crippen molar-refractivity contribution in [3.05, 3.63) is 60.2 Å². The molecule has 1 amide bonds. The summed E-state index contributed by atoms with van der Waals surface area (Å²) in [7, 11) is 0. The van der Waals surface area contributed by atoms with E-state index in [9.17, 15) is 4.79 Å². The van der Waals surface area contributed by atoms with Crippen LogP contribution in [-0.4, -0.2) is 46.7 Å². The van der Waals surface area contributed by atoms with Gasteiger partial charge in [0.05, 0.1) is 6.61 Å². The van der Waals surface area contributed by atoms with Gasteiger partial charge >= 0.3 is 0 Å². The van der Waals surface area contributed by atoms with Gasteiger partial charge in [0, 0.05) is 30.3 Å². The van der Waals surface area contributed by atoms with Gasteiger partial charge in [0.1, 0.15) is 5.75 Å². The molecule has 3 aromatic rings. The highest BCUT2D eigenvalue weighted by molar-refractivity contribution is 5.94. The summed E-state index contributed by atoms with van der Waals surface area (Å²) in [5, 5.41) is 7.34. The van der Waals surface area contributed by atoms with Crippen LogP contribution in [-0.2, 0) is 0 Å². The van der Waals surface area contributed by atoms with Crippen LogP contribution in [0.15, 0.2) is 59.1 Å². The Bertz CT molecular complexity index is 932. The summed E-state index contributed by atoms with van der Waals surface area (Å²) in [6, 6.07) is 17.2. The Morgan fingerprint density at radius 2 is 1.86 bits per heavy atom. The van der Waals surface area contributed by atoms with Crippen LogP contribution in [0.5, 0.6) is 5.75 Å². The molecule has 0 unspecified atom stereocenters. The van der Waals surface area contributed by atoms with E-state index in [0.29, 0.717) is 37.1 Å². The van der Waals surface area contributed by atoms with Crippen molar-refractivity contribution in [3.8, 4) is 17.2 Å². The van der Waals surface area contributed by atoms with Crippen molar-refractivity contribution < 1.29 is 14.1 Å². The van der Waals surface area contributed by atoms with Gasteiger partial charge in [0.2, 0.25) is 0 Å². The summed E-state index contributed by atoms with van der Waals surface area (Å²) in [6.45, 7) is 3.93. The Morgan fingerprint density at radius 1 is 1.14 bits per heavy atom. The van der Waals surface area contributed by atoms with E-state index in [1.54, 1.807) is 0 Å². The number of piperidine rings is 1. The number of benzene rings is 2. The molecule has 150 valence electrons. The molecule has 0 bridgehead atoms. The highest BCUT2D eigenvalue weighted by atomic mass is 16.5. The van der Waals surface area contributed by atoms with Gasteiger partial charge in [0.15, 0.2) is 0 Å². The Balaban J connectivity index is 1.30. The molecule has 0 radical (unpaired) electrons. The average molecular weight is 392 g/mol. The highest BCUT2D eigenvalue weighted by Crippen LogP contribution is 2.21. The lowest BCUT2D eigenvalue weighted by molar-refractivity contribution is 0.0718. The number of anilines is 1. The third-order valence-electron chi connectivity index (χ3n) is 4.97. The largest absolute Gasteiger partial charge is 0.494 e. The van der Waals surface area contributed by atoms with Crippen molar-refractivity contribution in [2.24, 2.45) is 0 Å². The van der Waals surface area contributed by atoms with E-state index in [1.165, 1.54) is 0 Å². The molecule has 0 spiro atoms. The fourth-order valence-electron chi connectivity index (χ4n) is 3.43. The SMILES string of the molecule is CCOc1ccc(C(=O)N2CCC(Nc3noc(-c4ccccc4)n3)CC2)cc1. The lowest BCUT2D eigenvalue weighted by atomic mass is 10.0. The molecule has 1 N–H and O–H groups in total. The summed E-state index contributed by atoms with van der Waals surface area (Å²) < 4.78 is 10.8. The van der Waals surface area contributed by atoms with E-state index in [4.69, 9.17) is 9.26 Å². The molecule has 0 atom stereocenters. The van der Waals surface area contributed by atoms with E-state index in [-0.39, 0.29) is 11.9 Å². The molecule has 1 aromatic heterocycles. The van der Waals surface area contributed by atoms with Crippen molar-refractivity contribution in [2.45, 2.75) is 25.8 Å². The van der Waals surface area contributed by atoms with Crippen LogP contribution in [0.4, 0.5) is 5.95 Å². The summed E-state index contributed by atoms with van der Waals surface area (Å²) >= 11 is 0. The first-order valence-electron chi connectivity index (χ1n) is 9.90. The minimum Gasteiger partial charge on any atom is -0.494 e. The molecular weight excluding hydrogens is 368 g/mol. The maximum absolute atomic E-state index is 12.7. The molecular formula is C22H24N4O3. The molecule has 0 aliphatic carbocycles. The molecule has 29 heavy (non-hydrogen) atoms. The Morgan fingerprint density at radius 3 is 2.55 bits per heavy atom. The molecule has 7 heteroatoms. The predicted molar refractivity (Wildman–Crippen MR) is 110 cm³/mol. The fourth-order valence-corrected chi connectivity index (χ4v) is 3.43. The standard InChI is InChI=1S/C22H24N4O3/c1-2-28-19-10-8-17(9-11-19)21(27)26-14-12-18(13-15-26)23-22-24-20(29-25-22)16-6-4-3-5-7-16/h3-11,18H,2,12-15H2,1H3,(H,23,25). The van der Waals surface area contributed by atoms with Crippen molar-refractivity contribution in [1.82, 2.24) is 15.0 Å². The number of nitrogens with one attached hydrogen (secondary N) is 1. The summed E-state index contributed by atoms with van der Waals surface area (Å²) in [5.41, 5.74) is 1.58. The van der Waals surface area contributed by atoms with Crippen LogP contribution in [0.1, 0.15) is 30.1 Å². The minimum absolute atomic E-state index is 0.0532. The van der Waals surface area contributed by atoms with E-state index in [2.05, 4.69) is 15.5 Å². The smallest absolute Gasteiger partial charge is 0.263 e. The Hall–Kier alpha value is -3.35. The van der Waals surface area contributed by atoms with Crippen LogP contribution in [0.25, 0.3) is 11.5 Å². The quantitative estimate of drug-likeness (QED) is 0.686. The van der Waals surface area contributed by atoms with Gasteiger partial charge in [-0.25, -0.2) is 0 Å². The van der Waals surface area contributed by atoms with Crippen molar-refractivity contribution in [1.29, 1.82) is 0 Å². The average Bonchev–Trinajstić information content (AvgIpc) is 3.24. The molecule has 2 heterocycles. The molecule has 1 aliphatic rings. The molecule has 1 fully saturated rings. The van der Waals surface area contributed by atoms with Crippen LogP contribution in [0.3, 0.4) is 0 Å². The number of ether oxygens (including phenoxy) is 1. The van der Waals surface area contributed by atoms with E-state index >= 15 is 0 Å². The van der Waals surface area contributed by atoms with Crippen molar-refractivity contribution >= 4 is 11.9 Å². The number of carbonyl (C=O) groups excluding carboxylic acids is 1. The molecule has 1 saturated heterocycles. The van der Waals surface area contributed by atoms with Crippen LogP contribution in [0, 0.1) is 0 Å². The van der Waals surface area contributed by atoms with E-state index in [1.807, 2.05) is 66.4 Å². The minimum atomic E-state index is 0.0532. The van der Waals surface area contributed by atoms with E-state index < -0.39 is 0 Å². The van der Waals surface area contributed by atoms with Gasteiger partial charge in [-0.15, -0.1) is 0 Å². The highest BCUT2D eigenvalue weighted by Gasteiger charge is 2.24. The monoisotopic (exact) mass is 392 g/mol. The van der Waals surface area contributed by atoms with Gasteiger partial charge in [-0.1, -0.05) is 18.2 Å². The first kappa shape index (κ1) is 19.0. The topological polar surface area (TPSA) is 80.5 Å². The van der Waals surface area contributed by atoms with Crippen LogP contribution >= 0.6 is 0 Å². The number of rotatable bonds is 6. The number of nitrogens with zero attached hydrogens (tertiary/aromatic N) is 3. The Kier molecular flexibility index (Phi) is 5.74. The zero-order valence-corrected chi connectivity index (χ0v) is 16.4. The molecule has 4 rings (SSSR count). The maximum Gasteiger partial charge on any atom is 0.263 e. The van der Waals surface area contributed by atoms with Crippen LogP contribution < -0.4 is 10.1 Å². The van der Waals surface area contributed by atoms with Gasteiger partial charge in [-0.3, -0.25) is 4.79 Å². The zero-order valence-electron chi connectivity index (χ0n) is 16.4. The fraction of sp³-hybridized carbons (Fsp3) is 0.318. The zero-order chi connectivity index (χ0) is 20.1. The first-order valence-corrected chi connectivity index (χ1v) is 9.90. The van der Waals surface area contributed by atoms with Gasteiger partial charge in [-0.2, -0.15) is 4.98 Å². The Labute approximate surface area is 169 Å². The van der Waals surface area contributed by atoms with Crippen molar-refractivity contribution in [3.63, 3.8) is 0 Å². The maximum atomic E-state index is 12.7. The van der Waals surface area contributed by atoms with Gasteiger partial charge in [-0.05, 0) is 61.3 Å². The number of likely N-dealkylation sites (tertiary alicyclic amines) is 1. The van der Waals surface area contributed by atoms with Crippen LogP contribution in [0.2, 0.25) is 0 Å². The second-order valence-electron chi connectivity index (χ2n) is 6.96. The molecule has 2 aromatic carbocycles. The number of carbonyl (C=O) groups is 1. The third-order valence-corrected chi connectivity index (χ3v) is 4.97. The normalized spacial score (nSPS) is 14.6. The summed E-state index contributed by atoms with van der Waals surface area (Å²) in [5.74, 6) is 1.82. The summed E-state index contributed by atoms with van der Waals surface area (Å²) in [6.07, 6.45) is 1.66.